The van der Waals surface area contributed by atoms with Gasteiger partial charge in [-0.15, -0.1) is 0 Å². The van der Waals surface area contributed by atoms with E-state index in [0.717, 1.165) is 12.0 Å². The monoisotopic (exact) mass is 401 g/mol. The predicted octanol–water partition coefficient (Wildman–Crippen LogP) is 4.08. The topological polar surface area (TPSA) is 72.5 Å². The summed E-state index contributed by atoms with van der Waals surface area (Å²) in [5.41, 5.74) is 1.99. The van der Waals surface area contributed by atoms with Crippen LogP contribution in [0.2, 0.25) is 5.02 Å². The second-order valence-corrected chi connectivity index (χ2v) is 7.22. The highest BCUT2D eigenvalue weighted by Gasteiger charge is 2.27. The van der Waals surface area contributed by atoms with Crippen molar-refractivity contribution in [3.63, 3.8) is 0 Å². The quantitative estimate of drug-likeness (QED) is 0.534. The van der Waals surface area contributed by atoms with E-state index >= 15 is 0 Å². The van der Waals surface area contributed by atoms with Gasteiger partial charge in [0, 0.05) is 16.1 Å². The molecule has 0 heterocycles. The molecule has 28 heavy (non-hydrogen) atoms. The maximum absolute atomic E-state index is 12.4. The normalized spacial score (nSPS) is 11.8. The molecule has 6 heteroatoms. The molecule has 1 N–H and O–H groups in total. The van der Waals surface area contributed by atoms with E-state index in [1.165, 1.54) is 0 Å². The van der Waals surface area contributed by atoms with Gasteiger partial charge in [0.15, 0.2) is 12.4 Å². The van der Waals surface area contributed by atoms with Crippen molar-refractivity contribution in [2.24, 2.45) is 5.92 Å². The number of amides is 1. The Morgan fingerprint density at radius 2 is 1.54 bits per heavy atom. The summed E-state index contributed by atoms with van der Waals surface area (Å²) in [7, 11) is 0. The highest BCUT2D eigenvalue weighted by Crippen LogP contribution is 2.12. The molecule has 0 bridgehead atoms. The Bertz CT molecular complexity index is 829. The average molecular weight is 402 g/mol. The Labute approximate surface area is 170 Å². The van der Waals surface area contributed by atoms with Gasteiger partial charge in [0.05, 0.1) is 0 Å². The Balaban J connectivity index is 1.97. The number of hydrogen-bond acceptors (Lipinski definition) is 4. The molecule has 2 rings (SSSR count). The van der Waals surface area contributed by atoms with E-state index in [4.69, 9.17) is 16.3 Å². The fourth-order valence-electron chi connectivity index (χ4n) is 2.56. The molecule has 1 amide bonds. The van der Waals surface area contributed by atoms with Crippen LogP contribution in [0.25, 0.3) is 0 Å². The number of Topliss-reactive ketones (excluding diaryl/α,β-unsaturated/α-hetero) is 1. The summed E-state index contributed by atoms with van der Waals surface area (Å²) in [5, 5.41) is 3.18. The van der Waals surface area contributed by atoms with Crippen LogP contribution in [-0.4, -0.2) is 30.3 Å². The molecule has 0 radical (unpaired) electrons. The molecule has 0 unspecified atom stereocenters. The lowest BCUT2D eigenvalue weighted by Crippen LogP contribution is -2.45. The molecular weight excluding hydrogens is 378 g/mol. The Hall–Kier alpha value is -2.66. The molecule has 2 aromatic carbocycles. The molecule has 0 aliphatic rings. The molecule has 2 aromatic rings. The van der Waals surface area contributed by atoms with Gasteiger partial charge in [0.1, 0.15) is 6.04 Å². The second-order valence-electron chi connectivity index (χ2n) is 6.78. The minimum absolute atomic E-state index is 0.206. The third-order valence-corrected chi connectivity index (χ3v) is 4.60. The molecule has 0 spiro atoms. The van der Waals surface area contributed by atoms with Crippen molar-refractivity contribution in [2.45, 2.75) is 33.2 Å². The van der Waals surface area contributed by atoms with Gasteiger partial charge in [-0.3, -0.25) is 9.59 Å². The van der Waals surface area contributed by atoms with Gasteiger partial charge in [0.2, 0.25) is 0 Å². The third-order valence-electron chi connectivity index (χ3n) is 4.34. The smallest absolute Gasteiger partial charge is 0.329 e. The van der Waals surface area contributed by atoms with E-state index < -0.39 is 17.9 Å². The minimum atomic E-state index is -0.863. The number of benzene rings is 2. The number of carbonyl (C=O) groups is 3. The highest BCUT2D eigenvalue weighted by molar-refractivity contribution is 6.30. The molecule has 0 aromatic heterocycles. The van der Waals surface area contributed by atoms with Gasteiger partial charge >= 0.3 is 5.97 Å². The number of rotatable bonds is 8. The van der Waals surface area contributed by atoms with Gasteiger partial charge in [-0.25, -0.2) is 4.79 Å². The molecule has 148 valence electrons. The van der Waals surface area contributed by atoms with Crippen LogP contribution in [0.5, 0.6) is 0 Å². The van der Waals surface area contributed by atoms with E-state index in [1.54, 1.807) is 50.2 Å². The van der Waals surface area contributed by atoms with E-state index in [-0.39, 0.29) is 18.3 Å². The first-order chi connectivity index (χ1) is 13.3. The van der Waals surface area contributed by atoms with Gasteiger partial charge in [-0.2, -0.15) is 0 Å². The zero-order chi connectivity index (χ0) is 20.7. The Morgan fingerprint density at radius 1 is 0.964 bits per heavy atom. The van der Waals surface area contributed by atoms with Crippen molar-refractivity contribution in [1.29, 1.82) is 0 Å². The standard InChI is InChI=1S/C22H24ClNO4/c1-4-15-5-7-16(8-6-15)19(25)13-28-22(27)20(14(2)3)24-21(26)17-9-11-18(23)12-10-17/h5-12,14,20H,4,13H2,1-3H3,(H,24,26)/t20-/m0/s1. The zero-order valence-corrected chi connectivity index (χ0v) is 17.0. The number of carbonyl (C=O) groups excluding carboxylic acids is 3. The minimum Gasteiger partial charge on any atom is -0.456 e. The third kappa shape index (κ3) is 5.92. The van der Waals surface area contributed by atoms with E-state index in [0.29, 0.717) is 16.1 Å². The van der Waals surface area contributed by atoms with E-state index in [2.05, 4.69) is 5.32 Å². The van der Waals surface area contributed by atoms with E-state index in [9.17, 15) is 14.4 Å². The molecular formula is C22H24ClNO4. The van der Waals surface area contributed by atoms with Crippen molar-refractivity contribution in [2.75, 3.05) is 6.61 Å². The molecule has 5 nitrogen and oxygen atoms in total. The predicted molar refractivity (Wildman–Crippen MR) is 109 cm³/mol. The van der Waals surface area contributed by atoms with E-state index in [1.807, 2.05) is 19.1 Å². The second kappa shape index (κ2) is 10.0. The molecule has 0 saturated heterocycles. The average Bonchev–Trinajstić information content (AvgIpc) is 2.70. The Kier molecular flexibility index (Phi) is 7.76. The first-order valence-electron chi connectivity index (χ1n) is 9.17. The first kappa shape index (κ1) is 21.6. The van der Waals surface area contributed by atoms with Crippen molar-refractivity contribution >= 4 is 29.3 Å². The molecule has 0 fully saturated rings. The summed E-state index contributed by atoms with van der Waals surface area (Å²) in [4.78, 5) is 37.0. The van der Waals surface area contributed by atoms with Crippen LogP contribution >= 0.6 is 11.6 Å². The maximum atomic E-state index is 12.4. The number of nitrogens with one attached hydrogen (secondary N) is 1. The maximum Gasteiger partial charge on any atom is 0.329 e. The summed E-state index contributed by atoms with van der Waals surface area (Å²) >= 11 is 5.82. The van der Waals surface area contributed by atoms with Crippen molar-refractivity contribution in [3.05, 3.63) is 70.2 Å². The van der Waals surface area contributed by atoms with Crippen molar-refractivity contribution in [3.8, 4) is 0 Å². The molecule has 0 aliphatic carbocycles. The number of hydrogen-bond donors (Lipinski definition) is 1. The van der Waals surface area contributed by atoms with Gasteiger partial charge < -0.3 is 10.1 Å². The number of ether oxygens (including phenoxy) is 1. The van der Waals surface area contributed by atoms with Crippen LogP contribution in [0, 0.1) is 5.92 Å². The fourth-order valence-corrected chi connectivity index (χ4v) is 2.69. The number of aryl methyl sites for hydroxylation is 1. The summed E-state index contributed by atoms with van der Waals surface area (Å²) in [5.74, 6) is -1.55. The van der Waals surface area contributed by atoms with Crippen LogP contribution in [0.15, 0.2) is 48.5 Å². The van der Waals surface area contributed by atoms with Crippen LogP contribution < -0.4 is 5.32 Å². The lowest BCUT2D eigenvalue weighted by molar-refractivity contribution is -0.145. The van der Waals surface area contributed by atoms with Crippen molar-refractivity contribution in [1.82, 2.24) is 5.32 Å². The van der Waals surface area contributed by atoms with Gasteiger partial charge in [-0.1, -0.05) is 56.6 Å². The summed E-state index contributed by atoms with van der Waals surface area (Å²) in [6, 6.07) is 12.7. The summed E-state index contributed by atoms with van der Waals surface area (Å²) in [6.07, 6.45) is 0.882. The number of ketones is 1. The van der Waals surface area contributed by atoms with Gasteiger partial charge in [-0.05, 0) is 42.2 Å². The van der Waals surface area contributed by atoms with Gasteiger partial charge in [0.25, 0.3) is 5.91 Å². The molecule has 0 saturated carbocycles. The lowest BCUT2D eigenvalue weighted by Gasteiger charge is -2.20. The Morgan fingerprint density at radius 3 is 2.07 bits per heavy atom. The first-order valence-corrected chi connectivity index (χ1v) is 9.54. The molecule has 1 atom stereocenters. The zero-order valence-electron chi connectivity index (χ0n) is 16.2. The van der Waals surface area contributed by atoms with Crippen LogP contribution in [0.4, 0.5) is 0 Å². The van der Waals surface area contributed by atoms with Crippen molar-refractivity contribution < 1.29 is 19.1 Å². The SMILES string of the molecule is CCc1ccc(C(=O)COC(=O)[C@@H](NC(=O)c2ccc(Cl)cc2)C(C)C)cc1. The number of esters is 1. The molecule has 0 aliphatic heterocycles. The highest BCUT2D eigenvalue weighted by atomic mass is 35.5. The summed E-state index contributed by atoms with van der Waals surface area (Å²) < 4.78 is 5.17. The van der Waals surface area contributed by atoms with Crippen LogP contribution in [0.1, 0.15) is 47.1 Å². The lowest BCUT2D eigenvalue weighted by atomic mass is 10.0. The number of halogens is 1. The van der Waals surface area contributed by atoms with Crippen LogP contribution in [0.3, 0.4) is 0 Å². The largest absolute Gasteiger partial charge is 0.456 e. The van der Waals surface area contributed by atoms with Crippen LogP contribution in [-0.2, 0) is 16.0 Å². The fraction of sp³-hybridized carbons (Fsp3) is 0.318. The summed E-state index contributed by atoms with van der Waals surface area (Å²) in [6.45, 7) is 5.24.